The SMILES string of the molecule is CCNC(=NCc1ccccc1COCC)NCC(C)(O)c1ccccc1.I. The van der Waals surface area contributed by atoms with Crippen LogP contribution in [0.2, 0.25) is 0 Å². The molecule has 5 nitrogen and oxygen atoms in total. The van der Waals surface area contributed by atoms with Crippen LogP contribution in [0.1, 0.15) is 37.5 Å². The predicted octanol–water partition coefficient (Wildman–Crippen LogP) is 3.80. The summed E-state index contributed by atoms with van der Waals surface area (Å²) in [5.41, 5.74) is 2.17. The maximum Gasteiger partial charge on any atom is 0.191 e. The molecule has 6 heteroatoms. The van der Waals surface area contributed by atoms with E-state index in [0.717, 1.165) is 23.2 Å². The molecule has 0 amide bonds. The highest BCUT2D eigenvalue weighted by molar-refractivity contribution is 14.0. The minimum absolute atomic E-state index is 0. The molecule has 1 atom stereocenters. The first-order valence-corrected chi connectivity index (χ1v) is 9.51. The molecule has 0 aliphatic rings. The zero-order chi connectivity index (χ0) is 19.5. The Kier molecular flexibility index (Phi) is 11.1. The van der Waals surface area contributed by atoms with Gasteiger partial charge in [0.1, 0.15) is 5.60 Å². The summed E-state index contributed by atoms with van der Waals surface area (Å²) in [5, 5.41) is 17.3. The third kappa shape index (κ3) is 7.77. The second-order valence-electron chi connectivity index (χ2n) is 6.59. The highest BCUT2D eigenvalue weighted by Crippen LogP contribution is 2.19. The van der Waals surface area contributed by atoms with Crippen molar-refractivity contribution in [3.63, 3.8) is 0 Å². The van der Waals surface area contributed by atoms with Gasteiger partial charge < -0.3 is 20.5 Å². The Morgan fingerprint density at radius 2 is 1.64 bits per heavy atom. The Balaban J connectivity index is 0.00000392. The zero-order valence-electron chi connectivity index (χ0n) is 16.9. The molecule has 0 aliphatic heterocycles. The van der Waals surface area contributed by atoms with Crippen LogP contribution in [0, 0.1) is 0 Å². The Hall–Kier alpha value is -1.64. The second kappa shape index (κ2) is 12.7. The zero-order valence-corrected chi connectivity index (χ0v) is 19.3. The molecule has 0 aliphatic carbocycles. The van der Waals surface area contributed by atoms with Crippen molar-refractivity contribution in [2.45, 2.75) is 39.5 Å². The maximum absolute atomic E-state index is 10.8. The summed E-state index contributed by atoms with van der Waals surface area (Å²) in [6, 6.07) is 17.8. The first kappa shape index (κ1) is 24.4. The number of hydrogen-bond donors (Lipinski definition) is 3. The fourth-order valence-electron chi connectivity index (χ4n) is 2.73. The molecule has 2 aromatic carbocycles. The highest BCUT2D eigenvalue weighted by atomic mass is 127. The van der Waals surface area contributed by atoms with Gasteiger partial charge in [-0.15, -0.1) is 24.0 Å². The lowest BCUT2D eigenvalue weighted by atomic mass is 9.96. The molecule has 1 unspecified atom stereocenters. The van der Waals surface area contributed by atoms with Crippen LogP contribution in [0.3, 0.4) is 0 Å². The van der Waals surface area contributed by atoms with Crippen LogP contribution < -0.4 is 10.6 Å². The van der Waals surface area contributed by atoms with Gasteiger partial charge in [0.05, 0.1) is 19.7 Å². The Morgan fingerprint density at radius 1 is 1.00 bits per heavy atom. The molecule has 154 valence electrons. The first-order chi connectivity index (χ1) is 13.1. The van der Waals surface area contributed by atoms with Crippen molar-refractivity contribution in [3.05, 3.63) is 71.3 Å². The third-order valence-corrected chi connectivity index (χ3v) is 4.33. The lowest BCUT2D eigenvalue weighted by molar-refractivity contribution is 0.0617. The van der Waals surface area contributed by atoms with E-state index in [1.807, 2.05) is 56.3 Å². The highest BCUT2D eigenvalue weighted by Gasteiger charge is 2.22. The molecule has 0 saturated carbocycles. The van der Waals surface area contributed by atoms with Crippen LogP contribution in [0.25, 0.3) is 0 Å². The van der Waals surface area contributed by atoms with Gasteiger partial charge in [0.25, 0.3) is 0 Å². The molecule has 0 fully saturated rings. The summed E-state index contributed by atoms with van der Waals surface area (Å²) in [7, 11) is 0. The van der Waals surface area contributed by atoms with Crippen molar-refractivity contribution in [3.8, 4) is 0 Å². The van der Waals surface area contributed by atoms with E-state index in [1.165, 1.54) is 0 Å². The monoisotopic (exact) mass is 497 g/mol. The van der Waals surface area contributed by atoms with E-state index in [-0.39, 0.29) is 24.0 Å². The number of halogens is 1. The largest absolute Gasteiger partial charge is 0.384 e. The van der Waals surface area contributed by atoms with Crippen molar-refractivity contribution in [2.75, 3.05) is 19.7 Å². The van der Waals surface area contributed by atoms with E-state index >= 15 is 0 Å². The van der Waals surface area contributed by atoms with Crippen LogP contribution in [0.4, 0.5) is 0 Å². The summed E-state index contributed by atoms with van der Waals surface area (Å²) in [6.45, 7) is 8.76. The number of ether oxygens (including phenoxy) is 1. The normalized spacial score (nSPS) is 13.4. The minimum atomic E-state index is -0.982. The average molecular weight is 497 g/mol. The number of guanidine groups is 1. The number of hydrogen-bond acceptors (Lipinski definition) is 3. The van der Waals surface area contributed by atoms with Crippen LogP contribution >= 0.6 is 24.0 Å². The summed E-state index contributed by atoms with van der Waals surface area (Å²) in [4.78, 5) is 4.68. The van der Waals surface area contributed by atoms with E-state index in [9.17, 15) is 5.11 Å². The topological polar surface area (TPSA) is 65.9 Å². The summed E-state index contributed by atoms with van der Waals surface area (Å²) in [6.07, 6.45) is 0. The quantitative estimate of drug-likeness (QED) is 0.280. The molecule has 0 bridgehead atoms. The number of aliphatic imine (C=N–C) groups is 1. The Bertz CT molecular complexity index is 721. The van der Waals surface area contributed by atoms with E-state index in [4.69, 9.17) is 4.74 Å². The van der Waals surface area contributed by atoms with Crippen LogP contribution in [0.15, 0.2) is 59.6 Å². The Morgan fingerprint density at radius 3 is 2.29 bits per heavy atom. The van der Waals surface area contributed by atoms with Crippen LogP contribution in [-0.4, -0.2) is 30.8 Å². The number of aliphatic hydroxyl groups is 1. The van der Waals surface area contributed by atoms with E-state index in [1.54, 1.807) is 6.92 Å². The molecule has 0 saturated heterocycles. The van der Waals surface area contributed by atoms with Crippen LogP contribution in [-0.2, 0) is 23.5 Å². The fourth-order valence-corrected chi connectivity index (χ4v) is 2.73. The predicted molar refractivity (Wildman–Crippen MR) is 126 cm³/mol. The van der Waals surface area contributed by atoms with Gasteiger partial charge in [-0.3, -0.25) is 0 Å². The molecular weight excluding hydrogens is 465 g/mol. The van der Waals surface area contributed by atoms with Gasteiger partial charge >= 0.3 is 0 Å². The van der Waals surface area contributed by atoms with Gasteiger partial charge in [0.15, 0.2) is 5.96 Å². The van der Waals surface area contributed by atoms with Gasteiger partial charge in [0, 0.05) is 13.2 Å². The lowest BCUT2D eigenvalue weighted by Gasteiger charge is -2.25. The van der Waals surface area contributed by atoms with Crippen molar-refractivity contribution >= 4 is 29.9 Å². The van der Waals surface area contributed by atoms with E-state index in [2.05, 4.69) is 27.8 Å². The van der Waals surface area contributed by atoms with Gasteiger partial charge in [0.2, 0.25) is 0 Å². The molecule has 28 heavy (non-hydrogen) atoms. The smallest absolute Gasteiger partial charge is 0.191 e. The first-order valence-electron chi connectivity index (χ1n) is 9.51. The number of nitrogens with zero attached hydrogens (tertiary/aromatic N) is 1. The lowest BCUT2D eigenvalue weighted by Crippen LogP contribution is -2.44. The number of benzene rings is 2. The van der Waals surface area contributed by atoms with Gasteiger partial charge in [-0.1, -0.05) is 54.6 Å². The van der Waals surface area contributed by atoms with E-state index < -0.39 is 5.60 Å². The summed E-state index contributed by atoms with van der Waals surface area (Å²) >= 11 is 0. The average Bonchev–Trinajstić information content (AvgIpc) is 2.70. The molecular formula is C22H32IN3O2. The Labute approximate surface area is 185 Å². The fraction of sp³-hybridized carbons (Fsp3) is 0.409. The maximum atomic E-state index is 10.8. The number of nitrogens with one attached hydrogen (secondary N) is 2. The van der Waals surface area contributed by atoms with Gasteiger partial charge in [-0.05, 0) is 37.5 Å². The summed E-state index contributed by atoms with van der Waals surface area (Å²) in [5.74, 6) is 0.680. The van der Waals surface area contributed by atoms with Crippen molar-refractivity contribution < 1.29 is 9.84 Å². The van der Waals surface area contributed by atoms with Gasteiger partial charge in [-0.2, -0.15) is 0 Å². The molecule has 0 spiro atoms. The number of rotatable bonds is 9. The molecule has 3 N–H and O–H groups in total. The third-order valence-electron chi connectivity index (χ3n) is 4.33. The second-order valence-corrected chi connectivity index (χ2v) is 6.59. The minimum Gasteiger partial charge on any atom is -0.384 e. The molecule has 0 aromatic heterocycles. The molecule has 0 radical (unpaired) electrons. The van der Waals surface area contributed by atoms with Crippen molar-refractivity contribution in [2.24, 2.45) is 4.99 Å². The summed E-state index contributed by atoms with van der Waals surface area (Å²) < 4.78 is 5.54. The molecule has 2 aromatic rings. The van der Waals surface area contributed by atoms with E-state index in [0.29, 0.717) is 32.3 Å². The van der Waals surface area contributed by atoms with Crippen LogP contribution in [0.5, 0.6) is 0 Å². The molecule has 0 heterocycles. The van der Waals surface area contributed by atoms with Gasteiger partial charge in [-0.25, -0.2) is 4.99 Å². The molecule has 2 rings (SSSR count). The van der Waals surface area contributed by atoms with Crippen molar-refractivity contribution in [1.82, 2.24) is 10.6 Å². The van der Waals surface area contributed by atoms with Crippen molar-refractivity contribution in [1.29, 1.82) is 0 Å². The standard InChI is InChI=1S/C22H31N3O2.HI/c1-4-23-21(25-17-22(3,26)20-13-7-6-8-14-20)24-15-18-11-9-10-12-19(18)16-27-5-2;/h6-14,26H,4-5,15-17H2,1-3H3,(H2,23,24,25);1H.